The molecule has 7 nitrogen and oxygen atoms in total. The van der Waals surface area contributed by atoms with Crippen molar-refractivity contribution >= 4 is 11.9 Å². The van der Waals surface area contributed by atoms with Crippen molar-refractivity contribution in [3.05, 3.63) is 65.9 Å². The lowest BCUT2D eigenvalue weighted by atomic mass is 9.96. The number of hydrogen-bond donors (Lipinski definition) is 0. The third kappa shape index (κ3) is 4.37. The summed E-state index contributed by atoms with van der Waals surface area (Å²) in [5, 5.41) is 4.77. The summed E-state index contributed by atoms with van der Waals surface area (Å²) in [5.41, 5.74) is 3.96. The van der Waals surface area contributed by atoms with Crippen LogP contribution in [0.4, 0.5) is 0 Å². The van der Waals surface area contributed by atoms with Crippen molar-refractivity contribution in [3.8, 4) is 22.7 Å². The maximum absolute atomic E-state index is 13.5. The van der Waals surface area contributed by atoms with Crippen molar-refractivity contribution < 1.29 is 19.1 Å². The average Bonchev–Trinajstić information content (AvgIpc) is 3.29. The zero-order chi connectivity index (χ0) is 22.7. The van der Waals surface area contributed by atoms with Crippen LogP contribution in [-0.4, -0.2) is 53.9 Å². The van der Waals surface area contributed by atoms with Crippen LogP contribution in [-0.2, 0) is 9.53 Å². The molecule has 32 heavy (non-hydrogen) atoms. The summed E-state index contributed by atoms with van der Waals surface area (Å²) in [5.74, 6) is 0.243. The molecule has 3 aromatic rings. The van der Waals surface area contributed by atoms with Crippen LogP contribution >= 0.6 is 0 Å². The van der Waals surface area contributed by atoms with Gasteiger partial charge in [-0.15, -0.1) is 0 Å². The van der Waals surface area contributed by atoms with Crippen molar-refractivity contribution in [1.82, 2.24) is 14.7 Å². The van der Waals surface area contributed by atoms with Crippen LogP contribution in [0.25, 0.3) is 16.9 Å². The van der Waals surface area contributed by atoms with Gasteiger partial charge < -0.3 is 14.4 Å². The van der Waals surface area contributed by atoms with Gasteiger partial charge in [0.2, 0.25) is 0 Å². The van der Waals surface area contributed by atoms with E-state index in [0.717, 1.165) is 16.8 Å². The van der Waals surface area contributed by atoms with E-state index in [4.69, 9.17) is 14.6 Å². The summed E-state index contributed by atoms with van der Waals surface area (Å²) in [7, 11) is 3.02. The van der Waals surface area contributed by atoms with Crippen LogP contribution in [0, 0.1) is 12.8 Å². The van der Waals surface area contributed by atoms with Crippen molar-refractivity contribution in [2.75, 3.05) is 27.3 Å². The SMILES string of the molecule is COC(=O)C1CCN(C(=O)c2cn(-c3ccc(C)cc3)nc2-c2cccc(OC)c2)CC1. The van der Waals surface area contributed by atoms with Crippen LogP contribution in [0.15, 0.2) is 54.7 Å². The number of hydrogen-bond acceptors (Lipinski definition) is 5. The summed E-state index contributed by atoms with van der Waals surface area (Å²) in [6.45, 7) is 3.04. The topological polar surface area (TPSA) is 73.7 Å². The number of piperidine rings is 1. The molecule has 0 unspecified atom stereocenters. The van der Waals surface area contributed by atoms with Crippen LogP contribution in [0.3, 0.4) is 0 Å². The molecule has 0 radical (unpaired) electrons. The fraction of sp³-hybridized carbons (Fsp3) is 0.320. The number of rotatable bonds is 5. The normalized spacial score (nSPS) is 14.3. The maximum Gasteiger partial charge on any atom is 0.308 e. The first-order valence-electron chi connectivity index (χ1n) is 10.7. The molecule has 1 aliphatic heterocycles. The number of benzene rings is 2. The molecule has 0 spiro atoms. The maximum atomic E-state index is 13.5. The Morgan fingerprint density at radius 2 is 1.75 bits per heavy atom. The minimum atomic E-state index is -0.207. The molecule has 1 saturated heterocycles. The molecule has 0 bridgehead atoms. The number of carbonyl (C=O) groups is 2. The zero-order valence-corrected chi connectivity index (χ0v) is 18.6. The fourth-order valence-electron chi connectivity index (χ4n) is 4.00. The van der Waals surface area contributed by atoms with Crippen LogP contribution in [0.1, 0.15) is 28.8 Å². The highest BCUT2D eigenvalue weighted by atomic mass is 16.5. The number of aryl methyl sites for hydroxylation is 1. The molecule has 166 valence electrons. The minimum Gasteiger partial charge on any atom is -0.497 e. The van der Waals surface area contributed by atoms with Crippen molar-refractivity contribution in [1.29, 1.82) is 0 Å². The number of amides is 1. The fourth-order valence-corrected chi connectivity index (χ4v) is 4.00. The highest BCUT2D eigenvalue weighted by Crippen LogP contribution is 2.29. The largest absolute Gasteiger partial charge is 0.497 e. The Hall–Kier alpha value is -3.61. The second-order valence-corrected chi connectivity index (χ2v) is 7.99. The number of ether oxygens (including phenoxy) is 2. The number of nitrogens with zero attached hydrogens (tertiary/aromatic N) is 3. The minimum absolute atomic E-state index is 0.0931. The van der Waals surface area contributed by atoms with Gasteiger partial charge >= 0.3 is 5.97 Å². The number of carbonyl (C=O) groups excluding carboxylic acids is 2. The molecule has 7 heteroatoms. The Balaban J connectivity index is 1.69. The van der Waals surface area contributed by atoms with E-state index in [9.17, 15) is 9.59 Å². The number of esters is 1. The molecule has 1 fully saturated rings. The Morgan fingerprint density at radius 1 is 1.03 bits per heavy atom. The van der Waals surface area contributed by atoms with Gasteiger partial charge in [-0.05, 0) is 44.0 Å². The standard InChI is InChI=1S/C25H27N3O4/c1-17-7-9-20(10-8-17)28-16-22(23(26-28)19-5-4-6-21(15-19)31-2)24(29)27-13-11-18(12-14-27)25(30)32-3/h4-10,15-16,18H,11-14H2,1-3H3. The van der Waals surface area contributed by atoms with Gasteiger partial charge in [0, 0.05) is 24.8 Å². The predicted octanol–water partition coefficient (Wildman–Crippen LogP) is 3.88. The molecule has 0 saturated carbocycles. The lowest BCUT2D eigenvalue weighted by molar-refractivity contribution is -0.146. The Bertz CT molecular complexity index is 1110. The number of likely N-dealkylation sites (tertiary alicyclic amines) is 1. The van der Waals surface area contributed by atoms with Gasteiger partial charge in [-0.1, -0.05) is 29.8 Å². The molecular formula is C25H27N3O4. The molecule has 1 aromatic heterocycles. The third-order valence-corrected chi connectivity index (χ3v) is 5.90. The van der Waals surface area contributed by atoms with E-state index >= 15 is 0 Å². The lowest BCUT2D eigenvalue weighted by Gasteiger charge is -2.30. The first-order chi connectivity index (χ1) is 15.5. The summed E-state index contributed by atoms with van der Waals surface area (Å²) < 4.78 is 12.0. The zero-order valence-electron chi connectivity index (χ0n) is 18.6. The highest BCUT2D eigenvalue weighted by molar-refractivity contribution is 6.00. The second kappa shape index (κ2) is 9.26. The molecule has 0 N–H and O–H groups in total. The van der Waals surface area contributed by atoms with Crippen molar-refractivity contribution in [2.45, 2.75) is 19.8 Å². The van der Waals surface area contributed by atoms with E-state index in [2.05, 4.69) is 0 Å². The number of methoxy groups -OCH3 is 2. The molecule has 1 aliphatic rings. The van der Waals surface area contributed by atoms with Gasteiger partial charge in [0.05, 0.1) is 31.4 Å². The van der Waals surface area contributed by atoms with Crippen LogP contribution in [0.2, 0.25) is 0 Å². The molecular weight excluding hydrogens is 406 g/mol. The average molecular weight is 434 g/mol. The van der Waals surface area contributed by atoms with Gasteiger partial charge in [0.1, 0.15) is 11.4 Å². The van der Waals surface area contributed by atoms with Gasteiger partial charge in [-0.25, -0.2) is 4.68 Å². The first kappa shape index (κ1) is 21.6. The molecule has 0 aliphatic carbocycles. The predicted molar refractivity (Wildman–Crippen MR) is 121 cm³/mol. The molecule has 2 heterocycles. The smallest absolute Gasteiger partial charge is 0.308 e. The van der Waals surface area contributed by atoms with Crippen molar-refractivity contribution in [2.24, 2.45) is 5.92 Å². The molecule has 2 aromatic carbocycles. The molecule has 1 amide bonds. The Labute approximate surface area is 187 Å². The quantitative estimate of drug-likeness (QED) is 0.571. The molecule has 4 rings (SSSR count). The van der Waals surface area contributed by atoms with E-state index in [0.29, 0.717) is 42.9 Å². The van der Waals surface area contributed by atoms with Crippen LogP contribution < -0.4 is 4.74 Å². The third-order valence-electron chi connectivity index (χ3n) is 5.90. The van der Waals surface area contributed by atoms with E-state index in [1.54, 1.807) is 22.9 Å². The molecule has 0 atom stereocenters. The van der Waals surface area contributed by atoms with E-state index < -0.39 is 0 Å². The van der Waals surface area contributed by atoms with Crippen molar-refractivity contribution in [3.63, 3.8) is 0 Å². The lowest BCUT2D eigenvalue weighted by Crippen LogP contribution is -2.40. The van der Waals surface area contributed by atoms with Crippen LogP contribution in [0.5, 0.6) is 5.75 Å². The summed E-state index contributed by atoms with van der Waals surface area (Å²) in [6.07, 6.45) is 2.98. The number of aromatic nitrogens is 2. The first-order valence-corrected chi connectivity index (χ1v) is 10.7. The van der Waals surface area contributed by atoms with E-state index in [-0.39, 0.29) is 17.8 Å². The summed E-state index contributed by atoms with van der Waals surface area (Å²) in [4.78, 5) is 27.2. The van der Waals surface area contributed by atoms with Gasteiger partial charge in [-0.2, -0.15) is 5.10 Å². The summed E-state index contributed by atoms with van der Waals surface area (Å²) in [6, 6.07) is 15.5. The van der Waals surface area contributed by atoms with E-state index in [1.807, 2.05) is 55.5 Å². The van der Waals surface area contributed by atoms with Gasteiger partial charge in [-0.3, -0.25) is 9.59 Å². The van der Waals surface area contributed by atoms with E-state index in [1.165, 1.54) is 7.11 Å². The highest BCUT2D eigenvalue weighted by Gasteiger charge is 2.30. The Kier molecular flexibility index (Phi) is 6.25. The van der Waals surface area contributed by atoms with Gasteiger partial charge in [0.15, 0.2) is 0 Å². The summed E-state index contributed by atoms with van der Waals surface area (Å²) >= 11 is 0. The van der Waals surface area contributed by atoms with Gasteiger partial charge in [0.25, 0.3) is 5.91 Å². The second-order valence-electron chi connectivity index (χ2n) is 7.99. The Morgan fingerprint density at radius 3 is 2.41 bits per heavy atom. The monoisotopic (exact) mass is 433 g/mol.